The lowest BCUT2D eigenvalue weighted by Crippen LogP contribution is -2.39. The summed E-state index contributed by atoms with van der Waals surface area (Å²) in [7, 11) is 0. The molecule has 0 spiro atoms. The molecule has 1 atom stereocenters. The van der Waals surface area contributed by atoms with E-state index in [1.807, 2.05) is 22.8 Å². The Bertz CT molecular complexity index is 761. The zero-order valence-corrected chi connectivity index (χ0v) is 14.9. The van der Waals surface area contributed by atoms with E-state index in [1.165, 1.54) is 5.56 Å². The number of aromatic nitrogens is 3. The van der Waals surface area contributed by atoms with Gasteiger partial charge in [-0.15, -0.1) is 10.2 Å². The van der Waals surface area contributed by atoms with Crippen molar-refractivity contribution in [3.8, 4) is 0 Å². The van der Waals surface area contributed by atoms with Gasteiger partial charge in [-0.25, -0.2) is 0 Å². The first kappa shape index (κ1) is 17.2. The van der Waals surface area contributed by atoms with Crippen LogP contribution < -0.4 is 0 Å². The number of rotatable bonds is 3. The lowest BCUT2D eigenvalue weighted by Gasteiger charge is -2.22. The molecule has 7 heteroatoms. The van der Waals surface area contributed by atoms with E-state index in [2.05, 4.69) is 27.2 Å². The Kier molecular flexibility index (Phi) is 4.99. The third kappa shape index (κ3) is 3.64. The van der Waals surface area contributed by atoms with Crippen LogP contribution in [0.2, 0.25) is 0 Å². The Labute approximate surface area is 153 Å². The van der Waals surface area contributed by atoms with Gasteiger partial charge in [0, 0.05) is 45.7 Å². The molecule has 1 aromatic carbocycles. The highest BCUT2D eigenvalue weighted by Crippen LogP contribution is 2.17. The van der Waals surface area contributed by atoms with Gasteiger partial charge in [0.15, 0.2) is 0 Å². The topological polar surface area (TPSA) is 74.5 Å². The quantitative estimate of drug-likeness (QED) is 0.887. The van der Waals surface area contributed by atoms with Gasteiger partial charge in [0.05, 0.1) is 6.10 Å². The number of benzene rings is 1. The molecule has 7 nitrogen and oxygen atoms in total. The smallest absolute Gasteiger partial charge is 0.291 e. The predicted molar refractivity (Wildman–Crippen MR) is 96.6 cm³/mol. The molecule has 0 radical (unpaired) electrons. The summed E-state index contributed by atoms with van der Waals surface area (Å²) in [5, 5.41) is 18.7. The van der Waals surface area contributed by atoms with Crippen molar-refractivity contribution >= 4 is 5.91 Å². The molecule has 0 unspecified atom stereocenters. The highest BCUT2D eigenvalue weighted by Gasteiger charge is 2.29. The Balaban J connectivity index is 1.45. The highest BCUT2D eigenvalue weighted by atomic mass is 16.3. The maximum atomic E-state index is 13.0. The summed E-state index contributed by atoms with van der Waals surface area (Å²) < 4.78 is 1.95. The lowest BCUT2D eigenvalue weighted by molar-refractivity contribution is 0.0646. The second-order valence-electron chi connectivity index (χ2n) is 7.17. The fourth-order valence-corrected chi connectivity index (χ4v) is 3.83. The number of hydrogen-bond donors (Lipinski definition) is 1. The standard InChI is InChI=1S/C19H25N5O2/c25-16-13-22(12-15-6-2-1-3-7-15)10-11-23(14-16)19(26)18-21-20-17-8-4-5-9-24(17)18/h1-3,6-7,16,25H,4-5,8-14H2/t16-/m1/s1. The first-order chi connectivity index (χ1) is 12.7. The van der Waals surface area contributed by atoms with Crippen molar-refractivity contribution in [3.63, 3.8) is 0 Å². The van der Waals surface area contributed by atoms with Crippen LogP contribution in [-0.4, -0.2) is 67.9 Å². The molecular formula is C19H25N5O2. The summed E-state index contributed by atoms with van der Waals surface area (Å²) in [5.74, 6) is 1.20. The van der Waals surface area contributed by atoms with Crippen LogP contribution >= 0.6 is 0 Å². The number of aliphatic hydroxyl groups is 1. The maximum Gasteiger partial charge on any atom is 0.291 e. The van der Waals surface area contributed by atoms with Crippen molar-refractivity contribution in [3.05, 3.63) is 47.5 Å². The molecule has 1 N–H and O–H groups in total. The fourth-order valence-electron chi connectivity index (χ4n) is 3.83. The number of carbonyl (C=O) groups excluding carboxylic acids is 1. The Morgan fingerprint density at radius 2 is 1.92 bits per heavy atom. The zero-order valence-electron chi connectivity index (χ0n) is 14.9. The van der Waals surface area contributed by atoms with E-state index in [0.717, 1.165) is 44.7 Å². The number of carbonyl (C=O) groups is 1. The molecule has 2 aromatic rings. The molecule has 1 saturated heterocycles. The molecule has 0 bridgehead atoms. The van der Waals surface area contributed by atoms with Gasteiger partial charge in [0.2, 0.25) is 5.82 Å². The molecule has 0 saturated carbocycles. The van der Waals surface area contributed by atoms with Gasteiger partial charge in [0.25, 0.3) is 5.91 Å². The van der Waals surface area contributed by atoms with Crippen molar-refractivity contribution in [1.82, 2.24) is 24.6 Å². The third-order valence-corrected chi connectivity index (χ3v) is 5.17. The number of fused-ring (bicyclic) bond motifs is 1. The van der Waals surface area contributed by atoms with E-state index in [-0.39, 0.29) is 5.91 Å². The van der Waals surface area contributed by atoms with Crippen LogP contribution in [0.5, 0.6) is 0 Å². The van der Waals surface area contributed by atoms with E-state index in [0.29, 0.717) is 25.5 Å². The summed E-state index contributed by atoms with van der Waals surface area (Å²) >= 11 is 0. The summed E-state index contributed by atoms with van der Waals surface area (Å²) in [6.07, 6.45) is 2.48. The molecule has 2 aliphatic rings. The van der Waals surface area contributed by atoms with Gasteiger partial charge in [0.1, 0.15) is 5.82 Å². The van der Waals surface area contributed by atoms with Crippen LogP contribution in [0, 0.1) is 0 Å². The number of aliphatic hydroxyl groups excluding tert-OH is 1. The zero-order chi connectivity index (χ0) is 17.9. The molecule has 26 heavy (non-hydrogen) atoms. The Hall–Kier alpha value is -2.25. The van der Waals surface area contributed by atoms with Gasteiger partial charge in [-0.05, 0) is 18.4 Å². The van der Waals surface area contributed by atoms with Gasteiger partial charge in [-0.1, -0.05) is 30.3 Å². The molecule has 1 aromatic heterocycles. The minimum atomic E-state index is -0.561. The Morgan fingerprint density at radius 1 is 1.08 bits per heavy atom. The van der Waals surface area contributed by atoms with E-state index >= 15 is 0 Å². The molecule has 4 rings (SSSR count). The number of amides is 1. The monoisotopic (exact) mass is 355 g/mol. The number of β-amino-alcohol motifs (C(OH)–C–C–N with tert-alkyl or cyclic N) is 1. The van der Waals surface area contributed by atoms with Gasteiger partial charge in [-0.2, -0.15) is 0 Å². The summed E-state index contributed by atoms with van der Waals surface area (Å²) in [6, 6.07) is 10.2. The summed E-state index contributed by atoms with van der Waals surface area (Å²) in [5.41, 5.74) is 1.21. The van der Waals surface area contributed by atoms with E-state index in [4.69, 9.17) is 0 Å². The van der Waals surface area contributed by atoms with E-state index in [9.17, 15) is 9.90 Å². The Morgan fingerprint density at radius 3 is 2.77 bits per heavy atom. The normalized spacial score (nSPS) is 21.3. The predicted octanol–water partition coefficient (Wildman–Crippen LogP) is 0.933. The molecular weight excluding hydrogens is 330 g/mol. The second-order valence-corrected chi connectivity index (χ2v) is 7.17. The number of nitrogens with zero attached hydrogens (tertiary/aromatic N) is 5. The third-order valence-electron chi connectivity index (χ3n) is 5.17. The van der Waals surface area contributed by atoms with Crippen LogP contribution in [0.25, 0.3) is 0 Å². The molecule has 1 amide bonds. The average molecular weight is 355 g/mol. The molecule has 0 aliphatic carbocycles. The molecule has 2 aliphatic heterocycles. The van der Waals surface area contributed by atoms with Crippen LogP contribution in [0.15, 0.2) is 30.3 Å². The van der Waals surface area contributed by atoms with Crippen molar-refractivity contribution in [1.29, 1.82) is 0 Å². The van der Waals surface area contributed by atoms with Crippen LogP contribution in [0.3, 0.4) is 0 Å². The fraction of sp³-hybridized carbons (Fsp3) is 0.526. The van der Waals surface area contributed by atoms with Crippen LogP contribution in [-0.2, 0) is 19.5 Å². The summed E-state index contributed by atoms with van der Waals surface area (Å²) in [4.78, 5) is 16.9. The van der Waals surface area contributed by atoms with E-state index < -0.39 is 6.10 Å². The summed E-state index contributed by atoms with van der Waals surface area (Å²) in [6.45, 7) is 3.81. The van der Waals surface area contributed by atoms with Gasteiger partial charge < -0.3 is 14.6 Å². The lowest BCUT2D eigenvalue weighted by atomic mass is 10.1. The van der Waals surface area contributed by atoms with Crippen LogP contribution in [0.1, 0.15) is 34.8 Å². The number of hydrogen-bond acceptors (Lipinski definition) is 5. The first-order valence-corrected chi connectivity index (χ1v) is 9.36. The molecule has 1 fully saturated rings. The largest absolute Gasteiger partial charge is 0.390 e. The SMILES string of the molecule is O=C(c1nnc2n1CCCC2)N1CCN(Cc2ccccc2)C[C@@H](O)C1. The van der Waals surface area contributed by atoms with Gasteiger partial charge >= 0.3 is 0 Å². The highest BCUT2D eigenvalue weighted by molar-refractivity contribution is 5.90. The van der Waals surface area contributed by atoms with Crippen molar-refractivity contribution in [2.24, 2.45) is 0 Å². The van der Waals surface area contributed by atoms with E-state index in [1.54, 1.807) is 4.90 Å². The van der Waals surface area contributed by atoms with Crippen LogP contribution in [0.4, 0.5) is 0 Å². The van der Waals surface area contributed by atoms with Crippen molar-refractivity contribution < 1.29 is 9.90 Å². The molecule has 138 valence electrons. The first-order valence-electron chi connectivity index (χ1n) is 9.36. The second kappa shape index (κ2) is 7.55. The minimum absolute atomic E-state index is 0.119. The van der Waals surface area contributed by atoms with Crippen molar-refractivity contribution in [2.75, 3.05) is 26.2 Å². The number of aryl methyl sites for hydroxylation is 1. The van der Waals surface area contributed by atoms with Gasteiger partial charge in [-0.3, -0.25) is 9.69 Å². The molecule has 3 heterocycles. The van der Waals surface area contributed by atoms with Crippen molar-refractivity contribution in [2.45, 2.75) is 38.5 Å². The average Bonchev–Trinajstić information content (AvgIpc) is 3.00. The minimum Gasteiger partial charge on any atom is -0.390 e. The maximum absolute atomic E-state index is 13.0.